The number of benzene rings is 1. The molecule has 156 valence electrons. The van der Waals surface area contributed by atoms with Gasteiger partial charge in [0.1, 0.15) is 0 Å². The fourth-order valence-electron chi connectivity index (χ4n) is 4.23. The van der Waals surface area contributed by atoms with Crippen LogP contribution in [0.2, 0.25) is 0 Å². The van der Waals surface area contributed by atoms with Crippen LogP contribution in [0.5, 0.6) is 0 Å². The molecule has 3 rings (SSSR count). The van der Waals surface area contributed by atoms with Crippen molar-refractivity contribution in [3.05, 3.63) is 35.4 Å². The van der Waals surface area contributed by atoms with Gasteiger partial charge in [0, 0.05) is 25.7 Å². The van der Waals surface area contributed by atoms with Crippen molar-refractivity contribution >= 4 is 5.96 Å². The number of hydrogen-bond donors (Lipinski definition) is 3. The summed E-state index contributed by atoms with van der Waals surface area (Å²) in [5.74, 6) is 1.63. The van der Waals surface area contributed by atoms with Crippen LogP contribution in [0.25, 0.3) is 0 Å². The molecule has 0 amide bonds. The molecule has 2 aliphatic rings. The van der Waals surface area contributed by atoms with Gasteiger partial charge >= 0.3 is 0 Å². The van der Waals surface area contributed by atoms with Gasteiger partial charge in [-0.1, -0.05) is 29.8 Å². The number of hydrogen-bond acceptors (Lipinski definition) is 3. The average Bonchev–Trinajstić information content (AvgIpc) is 2.71. The van der Waals surface area contributed by atoms with Crippen LogP contribution in [-0.4, -0.2) is 54.3 Å². The average molecular weight is 387 g/mol. The Morgan fingerprint density at radius 1 is 1.07 bits per heavy atom. The van der Waals surface area contributed by atoms with Gasteiger partial charge in [-0.25, -0.2) is 0 Å². The standard InChI is InChI=1S/C23H38N4O/c1-3-24-23(26-21-8-10-22(28)11-9-21)25-16-19-12-14-27(15-13-19)17-20-6-4-18(2)5-7-20/h4-7,19,21-22,28H,3,8-17H2,1-2H3,(H2,24,25,26). The summed E-state index contributed by atoms with van der Waals surface area (Å²) in [6.07, 6.45) is 6.20. The number of aliphatic hydroxyl groups excluding tert-OH is 1. The van der Waals surface area contributed by atoms with E-state index in [-0.39, 0.29) is 6.10 Å². The van der Waals surface area contributed by atoms with E-state index in [0.717, 1.165) is 51.3 Å². The number of nitrogens with one attached hydrogen (secondary N) is 2. The van der Waals surface area contributed by atoms with Crippen molar-refractivity contribution in [3.8, 4) is 0 Å². The molecule has 28 heavy (non-hydrogen) atoms. The van der Waals surface area contributed by atoms with Crippen LogP contribution in [0.1, 0.15) is 56.6 Å². The maximum Gasteiger partial charge on any atom is 0.191 e. The van der Waals surface area contributed by atoms with Crippen molar-refractivity contribution in [1.82, 2.24) is 15.5 Å². The molecule has 1 aliphatic heterocycles. The van der Waals surface area contributed by atoms with Crippen molar-refractivity contribution in [2.75, 3.05) is 26.2 Å². The van der Waals surface area contributed by atoms with Crippen LogP contribution < -0.4 is 10.6 Å². The van der Waals surface area contributed by atoms with Gasteiger partial charge < -0.3 is 15.7 Å². The van der Waals surface area contributed by atoms with Gasteiger partial charge in [-0.2, -0.15) is 0 Å². The molecule has 1 aliphatic carbocycles. The van der Waals surface area contributed by atoms with Crippen molar-refractivity contribution < 1.29 is 5.11 Å². The summed E-state index contributed by atoms with van der Waals surface area (Å²) in [6.45, 7) is 9.44. The Balaban J connectivity index is 1.42. The van der Waals surface area contributed by atoms with E-state index in [1.165, 1.54) is 37.1 Å². The largest absolute Gasteiger partial charge is 0.393 e. The number of likely N-dealkylation sites (tertiary alicyclic amines) is 1. The van der Waals surface area contributed by atoms with Crippen molar-refractivity contribution in [2.24, 2.45) is 10.9 Å². The Morgan fingerprint density at radius 3 is 2.39 bits per heavy atom. The number of nitrogens with zero attached hydrogens (tertiary/aromatic N) is 2. The predicted molar refractivity (Wildman–Crippen MR) is 117 cm³/mol. The summed E-state index contributed by atoms with van der Waals surface area (Å²) < 4.78 is 0. The second-order valence-electron chi connectivity index (χ2n) is 8.57. The predicted octanol–water partition coefficient (Wildman–Crippen LogP) is 3.07. The lowest BCUT2D eigenvalue weighted by atomic mass is 9.93. The van der Waals surface area contributed by atoms with Crippen LogP contribution in [0.15, 0.2) is 29.3 Å². The van der Waals surface area contributed by atoms with E-state index in [0.29, 0.717) is 12.0 Å². The zero-order valence-electron chi connectivity index (χ0n) is 17.7. The highest BCUT2D eigenvalue weighted by Gasteiger charge is 2.21. The first kappa shape index (κ1) is 21.1. The molecule has 0 aromatic heterocycles. The zero-order chi connectivity index (χ0) is 19.8. The van der Waals surface area contributed by atoms with Crippen LogP contribution >= 0.6 is 0 Å². The van der Waals surface area contributed by atoms with Crippen LogP contribution in [0, 0.1) is 12.8 Å². The molecule has 0 radical (unpaired) electrons. The lowest BCUT2D eigenvalue weighted by molar-refractivity contribution is 0.120. The van der Waals surface area contributed by atoms with E-state index in [9.17, 15) is 5.11 Å². The summed E-state index contributed by atoms with van der Waals surface area (Å²) in [7, 11) is 0. The van der Waals surface area contributed by atoms with Gasteiger partial charge in [0.05, 0.1) is 6.10 Å². The molecule has 5 heteroatoms. The summed E-state index contributed by atoms with van der Waals surface area (Å²) in [5.41, 5.74) is 2.74. The zero-order valence-corrected chi connectivity index (χ0v) is 17.7. The number of guanidine groups is 1. The third-order valence-electron chi connectivity index (χ3n) is 6.12. The van der Waals surface area contributed by atoms with Crippen LogP contribution in [-0.2, 0) is 6.54 Å². The molecular formula is C23H38N4O. The molecule has 0 unspecified atom stereocenters. The molecule has 2 fully saturated rings. The highest BCUT2D eigenvalue weighted by atomic mass is 16.3. The topological polar surface area (TPSA) is 59.9 Å². The molecular weight excluding hydrogens is 348 g/mol. The quantitative estimate of drug-likeness (QED) is 0.519. The Labute approximate surface area is 170 Å². The molecule has 1 aromatic rings. The Bertz CT molecular complexity index is 600. The van der Waals surface area contributed by atoms with Crippen LogP contribution in [0.3, 0.4) is 0 Å². The van der Waals surface area contributed by atoms with E-state index < -0.39 is 0 Å². The third kappa shape index (κ3) is 6.78. The second kappa shape index (κ2) is 10.8. The van der Waals surface area contributed by atoms with E-state index >= 15 is 0 Å². The van der Waals surface area contributed by atoms with Gasteiger partial charge in [-0.05, 0) is 76.9 Å². The minimum atomic E-state index is -0.109. The molecule has 0 spiro atoms. The molecule has 0 atom stereocenters. The smallest absolute Gasteiger partial charge is 0.191 e. The van der Waals surface area contributed by atoms with E-state index in [1.54, 1.807) is 0 Å². The Kier molecular flexibility index (Phi) is 8.16. The molecule has 5 nitrogen and oxygen atoms in total. The molecule has 3 N–H and O–H groups in total. The fourth-order valence-corrected chi connectivity index (χ4v) is 4.23. The highest BCUT2D eigenvalue weighted by molar-refractivity contribution is 5.80. The molecule has 1 saturated carbocycles. The van der Waals surface area contributed by atoms with Gasteiger partial charge in [-0.15, -0.1) is 0 Å². The first-order valence-corrected chi connectivity index (χ1v) is 11.1. The van der Waals surface area contributed by atoms with E-state index in [4.69, 9.17) is 4.99 Å². The summed E-state index contributed by atoms with van der Waals surface area (Å²) in [4.78, 5) is 7.45. The number of aliphatic imine (C=N–C) groups is 1. The fraction of sp³-hybridized carbons (Fsp3) is 0.696. The van der Waals surface area contributed by atoms with Crippen molar-refractivity contribution in [2.45, 2.75) is 71.1 Å². The molecule has 1 aromatic carbocycles. The minimum Gasteiger partial charge on any atom is -0.393 e. The van der Waals surface area contributed by atoms with Crippen LogP contribution in [0.4, 0.5) is 0 Å². The summed E-state index contributed by atoms with van der Waals surface area (Å²) >= 11 is 0. The number of aliphatic hydroxyl groups is 1. The van der Waals surface area contributed by atoms with E-state index in [2.05, 4.69) is 53.6 Å². The summed E-state index contributed by atoms with van der Waals surface area (Å²) in [5, 5.41) is 16.7. The van der Waals surface area contributed by atoms with Crippen molar-refractivity contribution in [3.63, 3.8) is 0 Å². The maximum atomic E-state index is 9.69. The molecule has 0 bridgehead atoms. The van der Waals surface area contributed by atoms with Crippen molar-refractivity contribution in [1.29, 1.82) is 0 Å². The Morgan fingerprint density at radius 2 is 1.75 bits per heavy atom. The number of rotatable bonds is 6. The second-order valence-corrected chi connectivity index (χ2v) is 8.57. The SMILES string of the molecule is CCNC(=NCC1CCN(Cc2ccc(C)cc2)CC1)NC1CCC(O)CC1. The maximum absolute atomic E-state index is 9.69. The lowest BCUT2D eigenvalue weighted by Crippen LogP contribution is -2.45. The van der Waals surface area contributed by atoms with Gasteiger partial charge in [-0.3, -0.25) is 9.89 Å². The lowest BCUT2D eigenvalue weighted by Gasteiger charge is -2.31. The molecule has 1 saturated heterocycles. The van der Waals surface area contributed by atoms with Gasteiger partial charge in [0.15, 0.2) is 5.96 Å². The third-order valence-corrected chi connectivity index (χ3v) is 6.12. The first-order valence-electron chi connectivity index (χ1n) is 11.1. The highest BCUT2D eigenvalue weighted by Crippen LogP contribution is 2.20. The molecule has 1 heterocycles. The number of piperidine rings is 1. The Hall–Kier alpha value is -1.59. The first-order chi connectivity index (χ1) is 13.6. The summed E-state index contributed by atoms with van der Waals surface area (Å²) in [6, 6.07) is 9.37. The van der Waals surface area contributed by atoms with Gasteiger partial charge in [0.2, 0.25) is 0 Å². The monoisotopic (exact) mass is 386 g/mol. The minimum absolute atomic E-state index is 0.109. The normalized spacial score (nSPS) is 24.9. The van der Waals surface area contributed by atoms with Gasteiger partial charge in [0.25, 0.3) is 0 Å². The van der Waals surface area contributed by atoms with E-state index in [1.807, 2.05) is 0 Å². The number of aryl methyl sites for hydroxylation is 1.